The molecule has 2 N–H and O–H groups in total. The van der Waals surface area contributed by atoms with Crippen molar-refractivity contribution in [1.82, 2.24) is 15.5 Å². The molecule has 8 heteroatoms. The van der Waals surface area contributed by atoms with Crippen molar-refractivity contribution in [3.63, 3.8) is 0 Å². The molecule has 0 aliphatic heterocycles. The van der Waals surface area contributed by atoms with Crippen LogP contribution >= 0.6 is 11.8 Å². The zero-order valence-corrected chi connectivity index (χ0v) is 27.6. The van der Waals surface area contributed by atoms with Gasteiger partial charge in [-0.25, -0.2) is 4.79 Å². The van der Waals surface area contributed by atoms with Crippen LogP contribution in [0.3, 0.4) is 0 Å². The van der Waals surface area contributed by atoms with Crippen molar-refractivity contribution >= 4 is 29.7 Å². The zero-order chi connectivity index (χ0) is 31.3. The Balaban J connectivity index is 2.55. The minimum atomic E-state index is -0.869. The average Bonchev–Trinajstić information content (AvgIpc) is 2.94. The summed E-state index contributed by atoms with van der Waals surface area (Å²) in [6.07, 6.45) is 4.23. The number of hydrogen-bond donors (Lipinski definition) is 2. The van der Waals surface area contributed by atoms with Gasteiger partial charge >= 0.3 is 6.09 Å². The van der Waals surface area contributed by atoms with Crippen molar-refractivity contribution in [3.8, 4) is 0 Å². The van der Waals surface area contributed by atoms with E-state index < -0.39 is 23.8 Å². The molecule has 3 amide bonds. The van der Waals surface area contributed by atoms with Gasteiger partial charge < -0.3 is 20.3 Å². The lowest BCUT2D eigenvalue weighted by Crippen LogP contribution is -2.55. The van der Waals surface area contributed by atoms with Gasteiger partial charge in [-0.05, 0) is 88.0 Å². The number of nitrogens with zero attached hydrogens (tertiary/aromatic N) is 1. The first-order valence-corrected chi connectivity index (χ1v) is 16.5. The van der Waals surface area contributed by atoms with Crippen LogP contribution in [0.1, 0.15) is 90.5 Å². The molecule has 42 heavy (non-hydrogen) atoms. The lowest BCUT2D eigenvalue weighted by Gasteiger charge is -2.39. The molecular formula is C34H51N3O4S. The van der Waals surface area contributed by atoms with Gasteiger partial charge in [0.25, 0.3) is 0 Å². The standard InChI is InChI=1S/C34H51N3O4S/c1-9-26-17-19-28(20-18-26)30(31(38)35-23-27-13-11-10-12-14-27)37(25(4)16-15-24(2)3)32(39)29(21-22-42-8)36-33(40)41-34(5,6)7/h10-14,17-20,24-25,29-30H,9,15-16,21-23H2,1-8H3,(H,35,38)(H,36,40). The molecule has 2 aromatic rings. The van der Waals surface area contributed by atoms with Gasteiger partial charge in [0.05, 0.1) is 0 Å². The molecular weight excluding hydrogens is 546 g/mol. The predicted molar refractivity (Wildman–Crippen MR) is 173 cm³/mol. The van der Waals surface area contributed by atoms with Gasteiger partial charge in [-0.3, -0.25) is 9.59 Å². The van der Waals surface area contributed by atoms with E-state index in [-0.39, 0.29) is 17.9 Å². The van der Waals surface area contributed by atoms with E-state index in [1.165, 1.54) is 0 Å². The second kappa shape index (κ2) is 17.2. The van der Waals surface area contributed by atoms with Gasteiger partial charge in [-0.15, -0.1) is 0 Å². The molecule has 0 radical (unpaired) electrons. The Hall–Kier alpha value is -3.00. The Kier molecular flexibility index (Phi) is 14.4. The maximum Gasteiger partial charge on any atom is 0.408 e. The Morgan fingerprint density at radius 3 is 2.10 bits per heavy atom. The van der Waals surface area contributed by atoms with Crippen molar-refractivity contribution < 1.29 is 19.1 Å². The quantitative estimate of drug-likeness (QED) is 0.233. The summed E-state index contributed by atoms with van der Waals surface area (Å²) in [5.41, 5.74) is 2.16. The van der Waals surface area contributed by atoms with Crippen LogP contribution in [0.5, 0.6) is 0 Å². The predicted octanol–water partition coefficient (Wildman–Crippen LogP) is 6.91. The van der Waals surface area contributed by atoms with Gasteiger partial charge in [-0.1, -0.05) is 75.4 Å². The van der Waals surface area contributed by atoms with E-state index in [0.29, 0.717) is 24.6 Å². The molecule has 0 bridgehead atoms. The van der Waals surface area contributed by atoms with Gasteiger partial charge in [0.15, 0.2) is 0 Å². The third-order valence-corrected chi connectivity index (χ3v) is 7.67. The molecule has 3 unspecified atom stereocenters. The molecule has 0 fully saturated rings. The minimum absolute atomic E-state index is 0.254. The highest BCUT2D eigenvalue weighted by molar-refractivity contribution is 7.98. The summed E-state index contributed by atoms with van der Waals surface area (Å²) in [5, 5.41) is 5.92. The second-order valence-electron chi connectivity index (χ2n) is 12.2. The summed E-state index contributed by atoms with van der Waals surface area (Å²) in [5.74, 6) is 0.557. The summed E-state index contributed by atoms with van der Waals surface area (Å²) < 4.78 is 5.52. The Labute approximate surface area is 257 Å². The SMILES string of the molecule is CCc1ccc(C(C(=O)NCc2ccccc2)N(C(=O)C(CCSC)NC(=O)OC(C)(C)C)C(C)CCC(C)C)cc1. The smallest absolute Gasteiger partial charge is 0.408 e. The monoisotopic (exact) mass is 597 g/mol. The highest BCUT2D eigenvalue weighted by Gasteiger charge is 2.38. The van der Waals surface area contributed by atoms with Crippen LogP contribution in [-0.2, 0) is 27.3 Å². The van der Waals surface area contributed by atoms with Crippen LogP contribution in [0.25, 0.3) is 0 Å². The van der Waals surface area contributed by atoms with Crippen LogP contribution in [0.15, 0.2) is 54.6 Å². The van der Waals surface area contributed by atoms with Crippen molar-refractivity contribution in [1.29, 1.82) is 0 Å². The average molecular weight is 598 g/mol. The summed E-state index contributed by atoms with van der Waals surface area (Å²) in [6, 6.07) is 15.7. The number of alkyl carbamates (subject to hydrolysis) is 1. The number of aryl methyl sites for hydroxylation is 1. The van der Waals surface area contributed by atoms with E-state index in [0.717, 1.165) is 36.0 Å². The number of ether oxygens (including phenoxy) is 1. The second-order valence-corrected chi connectivity index (χ2v) is 13.2. The van der Waals surface area contributed by atoms with E-state index in [1.54, 1.807) is 37.4 Å². The normalized spacial score (nSPS) is 13.6. The van der Waals surface area contributed by atoms with Gasteiger partial charge in [0.2, 0.25) is 11.8 Å². The fourth-order valence-corrected chi connectivity index (χ4v) is 5.16. The molecule has 0 aliphatic carbocycles. The first-order valence-electron chi connectivity index (χ1n) is 15.1. The van der Waals surface area contributed by atoms with Crippen LogP contribution in [0, 0.1) is 5.92 Å². The maximum absolute atomic E-state index is 14.5. The number of carbonyl (C=O) groups is 3. The van der Waals surface area contributed by atoms with Gasteiger partial charge in [-0.2, -0.15) is 11.8 Å². The first-order chi connectivity index (χ1) is 19.9. The van der Waals surface area contributed by atoms with Crippen LogP contribution in [-0.4, -0.2) is 52.5 Å². The highest BCUT2D eigenvalue weighted by atomic mass is 32.2. The molecule has 0 saturated carbocycles. The number of nitrogens with one attached hydrogen (secondary N) is 2. The van der Waals surface area contributed by atoms with E-state index >= 15 is 0 Å². The van der Waals surface area contributed by atoms with Crippen LogP contribution in [0.4, 0.5) is 4.79 Å². The van der Waals surface area contributed by atoms with Crippen molar-refractivity contribution in [2.45, 2.75) is 104 Å². The fraction of sp³-hybridized carbons (Fsp3) is 0.559. The number of carbonyl (C=O) groups excluding carboxylic acids is 3. The fourth-order valence-electron chi connectivity index (χ4n) is 4.69. The maximum atomic E-state index is 14.5. The molecule has 232 valence electrons. The molecule has 3 atom stereocenters. The molecule has 7 nitrogen and oxygen atoms in total. The molecule has 0 saturated heterocycles. The topological polar surface area (TPSA) is 87.7 Å². The number of hydrogen-bond acceptors (Lipinski definition) is 5. The first kappa shape index (κ1) is 35.2. The number of amides is 3. The van der Waals surface area contributed by atoms with Crippen molar-refractivity contribution in [2.24, 2.45) is 5.92 Å². The minimum Gasteiger partial charge on any atom is -0.444 e. The van der Waals surface area contributed by atoms with Crippen LogP contribution in [0.2, 0.25) is 0 Å². The molecule has 2 aromatic carbocycles. The third-order valence-electron chi connectivity index (χ3n) is 7.03. The molecule has 0 heterocycles. The summed E-state index contributed by atoms with van der Waals surface area (Å²) in [6.45, 7) is 14.1. The molecule has 0 aromatic heterocycles. The van der Waals surface area contributed by atoms with Gasteiger partial charge in [0.1, 0.15) is 17.7 Å². The highest BCUT2D eigenvalue weighted by Crippen LogP contribution is 2.29. The number of thioether (sulfide) groups is 1. The molecule has 0 aliphatic rings. The number of rotatable bonds is 15. The van der Waals surface area contributed by atoms with E-state index in [4.69, 9.17) is 4.74 Å². The van der Waals surface area contributed by atoms with E-state index in [1.807, 2.05) is 67.8 Å². The van der Waals surface area contributed by atoms with E-state index in [9.17, 15) is 14.4 Å². The largest absolute Gasteiger partial charge is 0.444 e. The van der Waals surface area contributed by atoms with Crippen LogP contribution < -0.4 is 10.6 Å². The van der Waals surface area contributed by atoms with Gasteiger partial charge in [0, 0.05) is 12.6 Å². The Bertz CT molecular complexity index is 1120. The third kappa shape index (κ3) is 11.7. The summed E-state index contributed by atoms with van der Waals surface area (Å²) >= 11 is 1.60. The summed E-state index contributed by atoms with van der Waals surface area (Å²) in [4.78, 5) is 43.2. The lowest BCUT2D eigenvalue weighted by molar-refractivity contribution is -0.145. The number of benzene rings is 2. The van der Waals surface area contributed by atoms with E-state index in [2.05, 4.69) is 31.4 Å². The lowest BCUT2D eigenvalue weighted by atomic mass is 9.96. The Morgan fingerprint density at radius 1 is 0.905 bits per heavy atom. The Morgan fingerprint density at radius 2 is 1.55 bits per heavy atom. The van der Waals surface area contributed by atoms with Crippen molar-refractivity contribution in [2.75, 3.05) is 12.0 Å². The van der Waals surface area contributed by atoms with Crippen molar-refractivity contribution in [3.05, 3.63) is 71.3 Å². The molecule has 0 spiro atoms. The molecule has 2 rings (SSSR count). The zero-order valence-electron chi connectivity index (χ0n) is 26.7. The summed E-state index contributed by atoms with van der Waals surface area (Å²) in [7, 11) is 0.